The molecule has 0 unspecified atom stereocenters. The second-order valence-corrected chi connectivity index (χ2v) is 10.8. The van der Waals surface area contributed by atoms with Crippen molar-refractivity contribution in [1.82, 2.24) is 9.21 Å². The van der Waals surface area contributed by atoms with Gasteiger partial charge in [0, 0.05) is 32.4 Å². The number of amides is 1. The molecule has 1 aliphatic heterocycles. The summed E-state index contributed by atoms with van der Waals surface area (Å²) in [5.74, 6) is -0.911. The van der Waals surface area contributed by atoms with Crippen LogP contribution in [0, 0.1) is 5.82 Å². The lowest BCUT2D eigenvalue weighted by atomic mass is 10.3. The predicted molar refractivity (Wildman–Crippen MR) is 110 cm³/mol. The Balaban J connectivity index is 1.60. The minimum absolute atomic E-state index is 0.0878. The van der Waals surface area contributed by atoms with Crippen LogP contribution in [0.25, 0.3) is 0 Å². The fourth-order valence-electron chi connectivity index (χ4n) is 3.17. The van der Waals surface area contributed by atoms with E-state index in [0.717, 1.165) is 12.3 Å². The van der Waals surface area contributed by atoms with Crippen molar-refractivity contribution in [2.75, 3.05) is 44.3 Å². The molecule has 0 aliphatic carbocycles. The first-order chi connectivity index (χ1) is 14.1. The van der Waals surface area contributed by atoms with E-state index in [1.807, 2.05) is 0 Å². The number of piperazine rings is 1. The second kappa shape index (κ2) is 8.70. The quantitative estimate of drug-likeness (QED) is 0.702. The Labute approximate surface area is 175 Å². The Morgan fingerprint density at radius 2 is 1.67 bits per heavy atom. The lowest BCUT2D eigenvalue weighted by molar-refractivity contribution is -0.130. The second-order valence-electron chi connectivity index (χ2n) is 6.86. The van der Waals surface area contributed by atoms with Crippen LogP contribution in [0.4, 0.5) is 10.1 Å². The Bertz CT molecular complexity index is 1140. The standard InChI is InChI=1S/C19H22FN3O5S2/c1-29(25,26)18-8-3-2-7-17(18)21-14-19(24)22-9-11-23(12-10-22)30(27,28)16-6-4-5-15(20)13-16/h2-8,13,21H,9-12,14H2,1H3. The Hall–Kier alpha value is -2.50. The normalized spacial score (nSPS) is 15.7. The van der Waals surface area contributed by atoms with E-state index in [4.69, 9.17) is 0 Å². The monoisotopic (exact) mass is 455 g/mol. The van der Waals surface area contributed by atoms with Crippen molar-refractivity contribution < 1.29 is 26.0 Å². The molecule has 0 radical (unpaired) electrons. The van der Waals surface area contributed by atoms with Crippen LogP contribution in [0.5, 0.6) is 0 Å². The van der Waals surface area contributed by atoms with Crippen LogP contribution in [0.3, 0.4) is 0 Å². The number of nitrogens with one attached hydrogen (secondary N) is 1. The number of sulfonamides is 1. The third-order valence-electron chi connectivity index (χ3n) is 4.74. The van der Waals surface area contributed by atoms with E-state index in [0.29, 0.717) is 5.69 Å². The number of carbonyl (C=O) groups excluding carboxylic acids is 1. The molecule has 1 fully saturated rings. The first kappa shape index (κ1) is 22.2. The number of anilines is 1. The molecule has 11 heteroatoms. The molecule has 1 heterocycles. The number of sulfone groups is 1. The molecule has 0 aromatic heterocycles. The topological polar surface area (TPSA) is 104 Å². The molecule has 8 nitrogen and oxygen atoms in total. The van der Waals surface area contributed by atoms with Gasteiger partial charge in [-0.05, 0) is 30.3 Å². The molecule has 0 spiro atoms. The first-order valence-electron chi connectivity index (χ1n) is 9.15. The number of para-hydroxylation sites is 1. The molecule has 30 heavy (non-hydrogen) atoms. The zero-order valence-electron chi connectivity index (χ0n) is 16.3. The van der Waals surface area contributed by atoms with Gasteiger partial charge in [-0.25, -0.2) is 21.2 Å². The molecule has 2 aromatic carbocycles. The van der Waals surface area contributed by atoms with Crippen molar-refractivity contribution in [3.8, 4) is 0 Å². The minimum Gasteiger partial charge on any atom is -0.375 e. The van der Waals surface area contributed by atoms with Gasteiger partial charge in [0.15, 0.2) is 9.84 Å². The summed E-state index contributed by atoms with van der Waals surface area (Å²) in [6, 6.07) is 11.1. The minimum atomic E-state index is -3.84. The van der Waals surface area contributed by atoms with Gasteiger partial charge >= 0.3 is 0 Å². The zero-order valence-corrected chi connectivity index (χ0v) is 17.9. The fourth-order valence-corrected chi connectivity index (χ4v) is 5.49. The number of hydrogen-bond acceptors (Lipinski definition) is 6. The van der Waals surface area contributed by atoms with Crippen molar-refractivity contribution >= 4 is 31.5 Å². The highest BCUT2D eigenvalue weighted by Gasteiger charge is 2.30. The Morgan fingerprint density at radius 3 is 2.30 bits per heavy atom. The van der Waals surface area contributed by atoms with Crippen molar-refractivity contribution in [1.29, 1.82) is 0 Å². The van der Waals surface area contributed by atoms with E-state index >= 15 is 0 Å². The average Bonchev–Trinajstić information content (AvgIpc) is 2.71. The van der Waals surface area contributed by atoms with E-state index in [1.54, 1.807) is 18.2 Å². The van der Waals surface area contributed by atoms with Crippen LogP contribution >= 0.6 is 0 Å². The van der Waals surface area contributed by atoms with Crippen molar-refractivity contribution in [3.05, 3.63) is 54.3 Å². The number of benzene rings is 2. The SMILES string of the molecule is CS(=O)(=O)c1ccccc1NCC(=O)N1CCN(S(=O)(=O)c2cccc(F)c2)CC1. The summed E-state index contributed by atoms with van der Waals surface area (Å²) in [6.07, 6.45) is 1.09. The largest absolute Gasteiger partial charge is 0.375 e. The highest BCUT2D eigenvalue weighted by Crippen LogP contribution is 2.21. The molecule has 1 amide bonds. The molecule has 1 N–H and O–H groups in total. The van der Waals surface area contributed by atoms with E-state index in [1.165, 1.54) is 33.5 Å². The number of hydrogen-bond donors (Lipinski definition) is 1. The molecular formula is C19H22FN3O5S2. The van der Waals surface area contributed by atoms with E-state index in [2.05, 4.69) is 5.32 Å². The van der Waals surface area contributed by atoms with Crippen LogP contribution < -0.4 is 5.32 Å². The maximum Gasteiger partial charge on any atom is 0.243 e. The number of nitrogens with zero attached hydrogens (tertiary/aromatic N) is 2. The van der Waals surface area contributed by atoms with Crippen LogP contribution in [0.1, 0.15) is 0 Å². The lowest BCUT2D eigenvalue weighted by Crippen LogP contribution is -2.51. The van der Waals surface area contributed by atoms with Gasteiger partial charge in [-0.1, -0.05) is 18.2 Å². The van der Waals surface area contributed by atoms with E-state index in [-0.39, 0.29) is 48.4 Å². The maximum absolute atomic E-state index is 13.4. The van der Waals surface area contributed by atoms with E-state index < -0.39 is 25.7 Å². The van der Waals surface area contributed by atoms with Crippen LogP contribution in [-0.2, 0) is 24.7 Å². The highest BCUT2D eigenvalue weighted by atomic mass is 32.2. The Kier molecular flexibility index (Phi) is 6.44. The summed E-state index contributed by atoms with van der Waals surface area (Å²) < 4.78 is 63.6. The fraction of sp³-hybridized carbons (Fsp3) is 0.316. The van der Waals surface area contributed by atoms with Gasteiger partial charge in [0.1, 0.15) is 5.82 Å². The van der Waals surface area contributed by atoms with Gasteiger partial charge in [-0.2, -0.15) is 4.31 Å². The lowest BCUT2D eigenvalue weighted by Gasteiger charge is -2.34. The van der Waals surface area contributed by atoms with E-state index in [9.17, 15) is 26.0 Å². The summed E-state index contributed by atoms with van der Waals surface area (Å²) in [5, 5.41) is 2.85. The molecule has 2 aromatic rings. The number of carbonyl (C=O) groups is 1. The third kappa shape index (κ3) is 4.97. The number of halogens is 1. The third-order valence-corrected chi connectivity index (χ3v) is 7.79. The first-order valence-corrected chi connectivity index (χ1v) is 12.5. The van der Waals surface area contributed by atoms with Gasteiger partial charge < -0.3 is 10.2 Å². The van der Waals surface area contributed by atoms with Crippen molar-refractivity contribution in [3.63, 3.8) is 0 Å². The maximum atomic E-state index is 13.4. The summed E-state index contributed by atoms with van der Waals surface area (Å²) in [5.41, 5.74) is 0.334. The summed E-state index contributed by atoms with van der Waals surface area (Å²) >= 11 is 0. The molecular weight excluding hydrogens is 433 g/mol. The molecule has 1 saturated heterocycles. The molecule has 0 atom stereocenters. The molecule has 162 valence electrons. The summed E-state index contributed by atoms with van der Waals surface area (Å²) in [4.78, 5) is 14.0. The van der Waals surface area contributed by atoms with Crippen molar-refractivity contribution in [2.24, 2.45) is 0 Å². The van der Waals surface area contributed by atoms with Gasteiger partial charge in [0.25, 0.3) is 0 Å². The highest BCUT2D eigenvalue weighted by molar-refractivity contribution is 7.91. The molecule has 0 bridgehead atoms. The van der Waals surface area contributed by atoms with Gasteiger partial charge in [-0.3, -0.25) is 4.79 Å². The van der Waals surface area contributed by atoms with Gasteiger partial charge in [-0.15, -0.1) is 0 Å². The molecule has 3 rings (SSSR count). The predicted octanol–water partition coefficient (Wildman–Crippen LogP) is 1.17. The summed E-state index contributed by atoms with van der Waals surface area (Å²) in [7, 11) is -7.28. The van der Waals surface area contributed by atoms with Crippen LogP contribution in [0.2, 0.25) is 0 Å². The molecule has 1 aliphatic rings. The van der Waals surface area contributed by atoms with Crippen LogP contribution in [0.15, 0.2) is 58.3 Å². The Morgan fingerprint density at radius 1 is 1.00 bits per heavy atom. The van der Waals surface area contributed by atoms with Gasteiger partial charge in [0.2, 0.25) is 15.9 Å². The van der Waals surface area contributed by atoms with Gasteiger partial charge in [0.05, 0.1) is 22.0 Å². The smallest absolute Gasteiger partial charge is 0.243 e. The molecule has 0 saturated carbocycles. The average molecular weight is 456 g/mol. The van der Waals surface area contributed by atoms with Crippen molar-refractivity contribution in [2.45, 2.75) is 9.79 Å². The zero-order chi connectivity index (χ0) is 21.9. The van der Waals surface area contributed by atoms with Crippen LogP contribution in [-0.4, -0.2) is 70.9 Å². The summed E-state index contributed by atoms with van der Waals surface area (Å²) in [6.45, 7) is 0.420. The number of rotatable bonds is 6.